The van der Waals surface area contributed by atoms with E-state index in [4.69, 9.17) is 10.8 Å². The number of rotatable bonds is 7. The van der Waals surface area contributed by atoms with Crippen LogP contribution in [0.5, 0.6) is 0 Å². The van der Waals surface area contributed by atoms with Crippen molar-refractivity contribution < 1.29 is 14.7 Å². The van der Waals surface area contributed by atoms with Gasteiger partial charge in [0.25, 0.3) is 0 Å². The molecule has 0 aliphatic rings. The topological polar surface area (TPSA) is 92.4 Å². The van der Waals surface area contributed by atoms with E-state index in [1.807, 2.05) is 37.3 Å². The Bertz CT molecular complexity index is 448. The van der Waals surface area contributed by atoms with E-state index in [0.717, 1.165) is 5.56 Å². The van der Waals surface area contributed by atoms with Gasteiger partial charge in [-0.3, -0.25) is 4.79 Å². The number of nitrogens with two attached hydrogens (primary N) is 1. The third-order valence-corrected chi connectivity index (χ3v) is 3.41. The molecule has 1 amide bonds. The maximum atomic E-state index is 12.0. The molecular formula is C15H22N2O3. The molecule has 5 nitrogen and oxygen atoms in total. The predicted octanol–water partition coefficient (Wildman–Crippen LogP) is 1.17. The number of nitrogens with one attached hydrogen (secondary N) is 1. The molecule has 0 spiro atoms. The van der Waals surface area contributed by atoms with Crippen molar-refractivity contribution in [1.29, 1.82) is 0 Å². The van der Waals surface area contributed by atoms with Gasteiger partial charge in [-0.2, -0.15) is 0 Å². The van der Waals surface area contributed by atoms with Crippen LogP contribution in [0.2, 0.25) is 0 Å². The first-order valence-corrected chi connectivity index (χ1v) is 6.78. The van der Waals surface area contributed by atoms with E-state index in [1.54, 1.807) is 6.92 Å². The van der Waals surface area contributed by atoms with Gasteiger partial charge in [0.05, 0.1) is 6.04 Å². The molecule has 0 aliphatic heterocycles. The van der Waals surface area contributed by atoms with Crippen LogP contribution in [-0.2, 0) is 16.0 Å². The fourth-order valence-corrected chi connectivity index (χ4v) is 1.90. The molecule has 0 saturated heterocycles. The number of carbonyl (C=O) groups excluding carboxylic acids is 1. The Morgan fingerprint density at radius 1 is 1.30 bits per heavy atom. The molecule has 3 atom stereocenters. The first-order chi connectivity index (χ1) is 9.45. The lowest BCUT2D eigenvalue weighted by Crippen LogP contribution is -2.51. The highest BCUT2D eigenvalue weighted by atomic mass is 16.4. The molecule has 0 heterocycles. The molecule has 0 fully saturated rings. The molecule has 1 aromatic rings. The summed E-state index contributed by atoms with van der Waals surface area (Å²) in [5, 5.41) is 11.7. The first kappa shape index (κ1) is 16.2. The summed E-state index contributed by atoms with van der Waals surface area (Å²) in [5.74, 6) is -1.60. The van der Waals surface area contributed by atoms with Crippen LogP contribution in [0, 0.1) is 5.92 Å². The van der Waals surface area contributed by atoms with Gasteiger partial charge in [-0.05, 0) is 17.9 Å². The average molecular weight is 278 g/mol. The molecule has 0 radical (unpaired) electrons. The molecule has 0 bridgehead atoms. The fourth-order valence-electron chi connectivity index (χ4n) is 1.90. The van der Waals surface area contributed by atoms with Gasteiger partial charge in [0.2, 0.25) is 5.91 Å². The van der Waals surface area contributed by atoms with E-state index in [1.165, 1.54) is 0 Å². The van der Waals surface area contributed by atoms with Gasteiger partial charge in [-0.25, -0.2) is 4.79 Å². The van der Waals surface area contributed by atoms with Gasteiger partial charge in [-0.15, -0.1) is 0 Å². The Labute approximate surface area is 119 Å². The summed E-state index contributed by atoms with van der Waals surface area (Å²) in [4.78, 5) is 23.1. The van der Waals surface area contributed by atoms with Crippen molar-refractivity contribution in [3.63, 3.8) is 0 Å². The summed E-state index contributed by atoms with van der Waals surface area (Å²) >= 11 is 0. The number of carboxylic acids is 1. The Kier molecular flexibility index (Phi) is 6.18. The molecule has 0 aromatic heterocycles. The SMILES string of the molecule is CC[C@H](C)[C@H](NC(=O)[C@H](N)Cc1ccccc1)C(=O)O. The number of amides is 1. The van der Waals surface area contributed by atoms with Gasteiger partial charge in [0.1, 0.15) is 6.04 Å². The van der Waals surface area contributed by atoms with Crippen molar-refractivity contribution >= 4 is 11.9 Å². The van der Waals surface area contributed by atoms with Crippen LogP contribution in [-0.4, -0.2) is 29.1 Å². The van der Waals surface area contributed by atoms with Crippen LogP contribution in [0.4, 0.5) is 0 Å². The molecule has 0 unspecified atom stereocenters. The molecule has 1 aromatic carbocycles. The maximum Gasteiger partial charge on any atom is 0.326 e. The van der Waals surface area contributed by atoms with Crippen LogP contribution in [0.3, 0.4) is 0 Å². The molecule has 4 N–H and O–H groups in total. The Morgan fingerprint density at radius 3 is 2.40 bits per heavy atom. The Hall–Kier alpha value is -1.88. The van der Waals surface area contributed by atoms with Crippen molar-refractivity contribution in [1.82, 2.24) is 5.32 Å². The van der Waals surface area contributed by atoms with Crippen molar-refractivity contribution in [3.05, 3.63) is 35.9 Å². The first-order valence-electron chi connectivity index (χ1n) is 6.78. The number of hydrogen-bond acceptors (Lipinski definition) is 3. The van der Waals surface area contributed by atoms with Gasteiger partial charge >= 0.3 is 5.97 Å². The van der Waals surface area contributed by atoms with Crippen LogP contribution in [0.15, 0.2) is 30.3 Å². The van der Waals surface area contributed by atoms with Gasteiger partial charge < -0.3 is 16.2 Å². The molecule has 110 valence electrons. The average Bonchev–Trinajstić information content (AvgIpc) is 2.44. The van der Waals surface area contributed by atoms with Gasteiger partial charge in [0, 0.05) is 0 Å². The number of aliphatic carboxylic acids is 1. The zero-order valence-corrected chi connectivity index (χ0v) is 11.9. The van der Waals surface area contributed by atoms with Crippen molar-refractivity contribution in [2.45, 2.75) is 38.8 Å². The summed E-state index contributed by atoms with van der Waals surface area (Å²) in [7, 11) is 0. The zero-order valence-electron chi connectivity index (χ0n) is 11.9. The maximum absolute atomic E-state index is 12.0. The number of carboxylic acid groups (broad SMARTS) is 1. The number of hydrogen-bond donors (Lipinski definition) is 3. The second kappa shape index (κ2) is 7.65. The largest absolute Gasteiger partial charge is 0.480 e. The second-order valence-electron chi connectivity index (χ2n) is 5.01. The highest BCUT2D eigenvalue weighted by Gasteiger charge is 2.27. The van der Waals surface area contributed by atoms with E-state index < -0.39 is 24.0 Å². The molecule has 5 heteroatoms. The summed E-state index contributed by atoms with van der Waals surface area (Å²) in [6, 6.07) is 7.77. The number of benzene rings is 1. The van der Waals surface area contributed by atoms with Gasteiger partial charge in [0.15, 0.2) is 0 Å². The Morgan fingerprint density at radius 2 is 1.90 bits per heavy atom. The van der Waals surface area contributed by atoms with E-state index >= 15 is 0 Å². The van der Waals surface area contributed by atoms with Crippen LogP contribution in [0.1, 0.15) is 25.8 Å². The van der Waals surface area contributed by atoms with E-state index in [2.05, 4.69) is 5.32 Å². The zero-order chi connectivity index (χ0) is 15.1. The van der Waals surface area contributed by atoms with Crippen molar-refractivity contribution in [3.8, 4) is 0 Å². The van der Waals surface area contributed by atoms with Crippen LogP contribution in [0.25, 0.3) is 0 Å². The summed E-state index contributed by atoms with van der Waals surface area (Å²) in [6.07, 6.45) is 1.06. The highest BCUT2D eigenvalue weighted by molar-refractivity contribution is 5.87. The third-order valence-electron chi connectivity index (χ3n) is 3.41. The van der Waals surface area contributed by atoms with Crippen LogP contribution < -0.4 is 11.1 Å². The lowest BCUT2D eigenvalue weighted by Gasteiger charge is -2.22. The lowest BCUT2D eigenvalue weighted by molar-refractivity contribution is -0.143. The summed E-state index contributed by atoms with van der Waals surface area (Å²) in [6.45, 7) is 3.68. The smallest absolute Gasteiger partial charge is 0.326 e. The molecule has 0 aliphatic carbocycles. The van der Waals surface area contributed by atoms with Crippen LogP contribution >= 0.6 is 0 Å². The summed E-state index contributed by atoms with van der Waals surface area (Å²) < 4.78 is 0. The van der Waals surface area contributed by atoms with Crippen molar-refractivity contribution in [2.24, 2.45) is 11.7 Å². The van der Waals surface area contributed by atoms with E-state index in [0.29, 0.717) is 12.8 Å². The van der Waals surface area contributed by atoms with Gasteiger partial charge in [-0.1, -0.05) is 50.6 Å². The normalized spacial score (nSPS) is 15.2. The minimum absolute atomic E-state index is 0.139. The minimum Gasteiger partial charge on any atom is -0.480 e. The third kappa shape index (κ3) is 4.66. The molecule has 20 heavy (non-hydrogen) atoms. The summed E-state index contributed by atoms with van der Waals surface area (Å²) in [5.41, 5.74) is 6.78. The Balaban J connectivity index is 2.62. The lowest BCUT2D eigenvalue weighted by atomic mass is 9.98. The fraction of sp³-hybridized carbons (Fsp3) is 0.467. The van der Waals surface area contributed by atoms with Crippen molar-refractivity contribution in [2.75, 3.05) is 0 Å². The second-order valence-corrected chi connectivity index (χ2v) is 5.01. The van der Waals surface area contributed by atoms with E-state index in [9.17, 15) is 9.59 Å². The monoisotopic (exact) mass is 278 g/mol. The standard InChI is InChI=1S/C15H22N2O3/c1-3-10(2)13(15(19)20)17-14(18)12(16)9-11-7-5-4-6-8-11/h4-8,10,12-13H,3,9,16H2,1-2H3,(H,17,18)(H,19,20)/t10-,12+,13-/m0/s1. The molecule has 1 rings (SSSR count). The quantitative estimate of drug-likeness (QED) is 0.698. The highest BCUT2D eigenvalue weighted by Crippen LogP contribution is 2.09. The predicted molar refractivity (Wildman–Crippen MR) is 77.1 cm³/mol. The minimum atomic E-state index is -1.03. The number of carbonyl (C=O) groups is 2. The van der Waals surface area contributed by atoms with E-state index in [-0.39, 0.29) is 5.92 Å². The molecule has 0 saturated carbocycles. The molecular weight excluding hydrogens is 256 g/mol.